The van der Waals surface area contributed by atoms with Gasteiger partial charge in [0.15, 0.2) is 5.52 Å². The number of allylic oxidation sites excluding steroid dienone is 1. The second-order valence-electron chi connectivity index (χ2n) is 5.51. The highest BCUT2D eigenvalue weighted by atomic mass is 16.1. The van der Waals surface area contributed by atoms with Gasteiger partial charge in [-0.3, -0.25) is 14.0 Å². The van der Waals surface area contributed by atoms with Crippen LogP contribution in [0.15, 0.2) is 17.4 Å². The zero-order valence-electron chi connectivity index (χ0n) is 12.1. The van der Waals surface area contributed by atoms with Crippen LogP contribution in [0.2, 0.25) is 0 Å². The van der Waals surface area contributed by atoms with Gasteiger partial charge < -0.3 is 5.32 Å². The topological polar surface area (TPSA) is 64.7 Å². The molecule has 1 fully saturated rings. The molecule has 6 heteroatoms. The molecule has 106 valence electrons. The second kappa shape index (κ2) is 4.47. The lowest BCUT2D eigenvalue weighted by Gasteiger charge is -2.34. The summed E-state index contributed by atoms with van der Waals surface area (Å²) in [6, 6.07) is 0.366. The van der Waals surface area contributed by atoms with E-state index in [0.717, 1.165) is 18.5 Å². The van der Waals surface area contributed by atoms with E-state index in [1.165, 1.54) is 0 Å². The number of hydrogen-bond donors (Lipinski definition) is 1. The third-order valence-corrected chi connectivity index (χ3v) is 4.07. The largest absolute Gasteiger partial charge is 0.353 e. The van der Waals surface area contributed by atoms with Gasteiger partial charge in [-0.25, -0.2) is 4.98 Å². The number of fused-ring (bicyclic) bond motifs is 1. The smallest absolute Gasteiger partial charge is 0.280 e. The normalized spacial score (nSPS) is 21.8. The predicted octanol–water partition coefficient (Wildman–Crippen LogP) is 1.35. The lowest BCUT2D eigenvalue weighted by atomic mass is 9.80. The Morgan fingerprint density at radius 2 is 2.10 bits per heavy atom. The van der Waals surface area contributed by atoms with Crippen LogP contribution in [-0.2, 0) is 14.1 Å². The van der Waals surface area contributed by atoms with Gasteiger partial charge in [0, 0.05) is 20.1 Å². The Morgan fingerprint density at radius 1 is 1.40 bits per heavy atom. The van der Waals surface area contributed by atoms with Gasteiger partial charge in [-0.15, -0.1) is 6.58 Å². The average Bonchev–Trinajstić information content (AvgIpc) is 2.64. The summed E-state index contributed by atoms with van der Waals surface area (Å²) in [6.07, 6.45) is 4.08. The molecule has 0 spiro atoms. The summed E-state index contributed by atoms with van der Waals surface area (Å²) in [6.45, 7) is 5.67. The van der Waals surface area contributed by atoms with Gasteiger partial charge in [-0.1, -0.05) is 6.08 Å². The minimum atomic E-state index is -0.0693. The van der Waals surface area contributed by atoms with Crippen molar-refractivity contribution in [3.63, 3.8) is 0 Å². The third-order valence-electron chi connectivity index (χ3n) is 4.07. The summed E-state index contributed by atoms with van der Waals surface area (Å²) in [5, 5.41) is 7.62. The Kier molecular flexibility index (Phi) is 2.88. The molecule has 1 aliphatic rings. The maximum Gasteiger partial charge on any atom is 0.280 e. The Bertz CT molecular complexity index is 736. The summed E-state index contributed by atoms with van der Waals surface area (Å²) in [5.74, 6) is 1.19. The van der Waals surface area contributed by atoms with Crippen LogP contribution < -0.4 is 10.9 Å². The van der Waals surface area contributed by atoms with Crippen LogP contribution >= 0.6 is 0 Å². The molecule has 0 aliphatic heterocycles. The monoisotopic (exact) mass is 273 g/mol. The predicted molar refractivity (Wildman–Crippen MR) is 78.8 cm³/mol. The molecule has 1 N–H and O–H groups in total. The van der Waals surface area contributed by atoms with Gasteiger partial charge in [-0.2, -0.15) is 5.10 Å². The minimum absolute atomic E-state index is 0.0693. The first-order valence-electron chi connectivity index (χ1n) is 6.80. The van der Waals surface area contributed by atoms with Crippen LogP contribution in [0.4, 0.5) is 5.95 Å². The Morgan fingerprint density at radius 3 is 2.75 bits per heavy atom. The average molecular weight is 273 g/mol. The molecule has 0 bridgehead atoms. The highest BCUT2D eigenvalue weighted by Gasteiger charge is 2.28. The Hall–Kier alpha value is -2.11. The first kappa shape index (κ1) is 12.9. The minimum Gasteiger partial charge on any atom is -0.353 e. The van der Waals surface area contributed by atoms with Gasteiger partial charge in [0.25, 0.3) is 5.56 Å². The van der Waals surface area contributed by atoms with Crippen LogP contribution in [0, 0.1) is 12.8 Å². The number of nitrogens with one attached hydrogen (secondary N) is 1. The van der Waals surface area contributed by atoms with Crippen molar-refractivity contribution in [1.82, 2.24) is 19.3 Å². The van der Waals surface area contributed by atoms with E-state index in [4.69, 9.17) is 0 Å². The number of nitrogens with zero attached hydrogens (tertiary/aromatic N) is 4. The molecule has 0 radical (unpaired) electrons. The van der Waals surface area contributed by atoms with Crippen LogP contribution in [0.25, 0.3) is 11.0 Å². The molecule has 0 aromatic carbocycles. The molecular formula is C14H19N5O. The summed E-state index contributed by atoms with van der Waals surface area (Å²) in [4.78, 5) is 17.0. The molecule has 2 heterocycles. The van der Waals surface area contributed by atoms with Gasteiger partial charge in [0.05, 0.1) is 5.69 Å². The van der Waals surface area contributed by atoms with Crippen LogP contribution in [0.5, 0.6) is 0 Å². The SMILES string of the molecule is C=CC1CC(Nc2nc3c(C)nn(C)c3c(=O)n2C)C1. The molecule has 3 rings (SSSR count). The van der Waals surface area contributed by atoms with Crippen LogP contribution in [0.3, 0.4) is 0 Å². The molecule has 20 heavy (non-hydrogen) atoms. The third kappa shape index (κ3) is 1.83. The number of hydrogen-bond acceptors (Lipinski definition) is 4. The quantitative estimate of drug-likeness (QED) is 0.857. The number of rotatable bonds is 3. The number of anilines is 1. The lowest BCUT2D eigenvalue weighted by molar-refractivity contribution is 0.343. The Balaban J connectivity index is 2.00. The Labute approximate surface area is 117 Å². The molecule has 0 atom stereocenters. The van der Waals surface area contributed by atoms with E-state index in [1.54, 1.807) is 23.3 Å². The molecule has 0 saturated heterocycles. The zero-order chi connectivity index (χ0) is 14.4. The number of aromatic nitrogens is 4. The van der Waals surface area contributed by atoms with E-state index < -0.39 is 0 Å². The summed E-state index contributed by atoms with van der Waals surface area (Å²) in [7, 11) is 3.51. The fourth-order valence-corrected chi connectivity index (χ4v) is 2.74. The molecule has 1 saturated carbocycles. The second-order valence-corrected chi connectivity index (χ2v) is 5.51. The molecule has 0 amide bonds. The van der Waals surface area contributed by atoms with Crippen molar-refractivity contribution in [2.24, 2.45) is 20.0 Å². The van der Waals surface area contributed by atoms with E-state index in [2.05, 4.69) is 22.0 Å². The van der Waals surface area contributed by atoms with Crippen molar-refractivity contribution in [2.45, 2.75) is 25.8 Å². The van der Waals surface area contributed by atoms with E-state index >= 15 is 0 Å². The summed E-state index contributed by atoms with van der Waals surface area (Å²) < 4.78 is 3.16. The van der Waals surface area contributed by atoms with E-state index in [-0.39, 0.29) is 5.56 Å². The first-order valence-corrected chi connectivity index (χ1v) is 6.80. The molecule has 6 nitrogen and oxygen atoms in total. The van der Waals surface area contributed by atoms with Crippen molar-refractivity contribution in [3.8, 4) is 0 Å². The van der Waals surface area contributed by atoms with Gasteiger partial charge in [0.1, 0.15) is 5.52 Å². The standard InChI is InChI=1S/C14H19N5O/c1-5-9-6-10(7-9)15-14-16-11-8(2)17-19(4)12(11)13(20)18(14)3/h5,9-10H,1,6-7H2,2-4H3,(H,15,16). The van der Waals surface area contributed by atoms with Gasteiger partial charge in [-0.05, 0) is 25.7 Å². The first-order chi connectivity index (χ1) is 9.51. The lowest BCUT2D eigenvalue weighted by Crippen LogP contribution is -2.37. The van der Waals surface area contributed by atoms with Crippen molar-refractivity contribution >= 4 is 17.0 Å². The van der Waals surface area contributed by atoms with Crippen molar-refractivity contribution in [3.05, 3.63) is 28.7 Å². The zero-order valence-corrected chi connectivity index (χ0v) is 12.1. The maximum atomic E-state index is 12.4. The fourth-order valence-electron chi connectivity index (χ4n) is 2.74. The van der Waals surface area contributed by atoms with Crippen LogP contribution in [-0.4, -0.2) is 25.4 Å². The molecule has 2 aromatic heterocycles. The van der Waals surface area contributed by atoms with Gasteiger partial charge >= 0.3 is 0 Å². The molecular weight excluding hydrogens is 254 g/mol. The fraction of sp³-hybridized carbons (Fsp3) is 0.500. The van der Waals surface area contributed by atoms with E-state index in [1.807, 2.05) is 13.0 Å². The van der Waals surface area contributed by atoms with Gasteiger partial charge in [0.2, 0.25) is 5.95 Å². The van der Waals surface area contributed by atoms with Crippen LogP contribution in [0.1, 0.15) is 18.5 Å². The van der Waals surface area contributed by atoms with E-state index in [0.29, 0.717) is 28.9 Å². The van der Waals surface area contributed by atoms with Crippen molar-refractivity contribution in [1.29, 1.82) is 0 Å². The molecule has 1 aliphatic carbocycles. The highest BCUT2D eigenvalue weighted by molar-refractivity contribution is 5.77. The number of aryl methyl sites for hydroxylation is 2. The molecule has 2 aromatic rings. The molecule has 0 unspecified atom stereocenters. The van der Waals surface area contributed by atoms with Crippen molar-refractivity contribution < 1.29 is 0 Å². The maximum absolute atomic E-state index is 12.4. The summed E-state index contributed by atoms with van der Waals surface area (Å²) >= 11 is 0. The van der Waals surface area contributed by atoms with Crippen molar-refractivity contribution in [2.75, 3.05) is 5.32 Å². The highest BCUT2D eigenvalue weighted by Crippen LogP contribution is 2.30. The summed E-state index contributed by atoms with van der Waals surface area (Å²) in [5.41, 5.74) is 1.94. The van der Waals surface area contributed by atoms with E-state index in [9.17, 15) is 4.79 Å².